The number of rotatable bonds is 9. The highest BCUT2D eigenvalue weighted by Crippen LogP contribution is 2.35. The number of amides is 1. The van der Waals surface area contributed by atoms with Gasteiger partial charge in [-0.1, -0.05) is 18.2 Å². The predicted molar refractivity (Wildman–Crippen MR) is 141 cm³/mol. The van der Waals surface area contributed by atoms with Crippen LogP contribution in [0, 0.1) is 24.2 Å². The van der Waals surface area contributed by atoms with Gasteiger partial charge in [0, 0.05) is 37.9 Å². The van der Waals surface area contributed by atoms with Crippen molar-refractivity contribution in [2.75, 3.05) is 50.0 Å². The fraction of sp³-hybridized carbons (Fsp3) is 0.407. The molecule has 2 aliphatic heterocycles. The molecule has 3 aromatic rings. The van der Waals surface area contributed by atoms with Crippen LogP contribution in [0.5, 0.6) is 5.75 Å². The van der Waals surface area contributed by atoms with Gasteiger partial charge >= 0.3 is 0 Å². The monoisotopic (exact) mass is 500 g/mol. The molecule has 0 atom stereocenters. The summed E-state index contributed by atoms with van der Waals surface area (Å²) in [6, 6.07) is 15.9. The van der Waals surface area contributed by atoms with Crippen molar-refractivity contribution in [3.63, 3.8) is 0 Å². The van der Waals surface area contributed by atoms with Crippen molar-refractivity contribution in [3.05, 3.63) is 59.3 Å². The van der Waals surface area contributed by atoms with E-state index in [1.807, 2.05) is 54.3 Å². The van der Waals surface area contributed by atoms with Gasteiger partial charge in [-0.15, -0.1) is 0 Å². The van der Waals surface area contributed by atoms with Gasteiger partial charge in [0.1, 0.15) is 30.1 Å². The average Bonchev–Trinajstić information content (AvgIpc) is 3.30. The predicted octanol–water partition coefficient (Wildman–Crippen LogP) is 3.14. The third-order valence-electron chi connectivity index (χ3n) is 6.91. The Bertz CT molecular complexity index is 1260. The first-order valence-corrected chi connectivity index (χ1v) is 12.8. The highest BCUT2D eigenvalue weighted by molar-refractivity contribution is 5.80. The molecule has 0 bridgehead atoms. The number of para-hydroxylation sites is 1. The van der Waals surface area contributed by atoms with Crippen molar-refractivity contribution in [1.82, 2.24) is 25.4 Å². The van der Waals surface area contributed by atoms with Gasteiger partial charge in [0.25, 0.3) is 0 Å². The van der Waals surface area contributed by atoms with Crippen molar-refractivity contribution in [1.29, 1.82) is 5.26 Å². The lowest BCUT2D eigenvalue weighted by Gasteiger charge is -2.37. The van der Waals surface area contributed by atoms with E-state index in [2.05, 4.69) is 32.2 Å². The molecule has 0 unspecified atom stereocenters. The van der Waals surface area contributed by atoms with Gasteiger partial charge in [-0.3, -0.25) is 9.89 Å². The number of hydrogen-bond acceptors (Lipinski definition) is 8. The lowest BCUT2D eigenvalue weighted by Crippen LogP contribution is -2.53. The van der Waals surface area contributed by atoms with Crippen molar-refractivity contribution in [2.45, 2.75) is 25.7 Å². The zero-order chi connectivity index (χ0) is 25.6. The van der Waals surface area contributed by atoms with E-state index in [-0.39, 0.29) is 17.7 Å². The largest absolute Gasteiger partial charge is 0.492 e. The molecule has 37 heavy (non-hydrogen) atoms. The third-order valence-corrected chi connectivity index (χ3v) is 6.91. The van der Waals surface area contributed by atoms with Gasteiger partial charge in [0.15, 0.2) is 5.82 Å². The number of carbonyl (C=O) groups is 1. The van der Waals surface area contributed by atoms with Gasteiger partial charge in [0.2, 0.25) is 5.91 Å². The number of aromatic nitrogens is 3. The van der Waals surface area contributed by atoms with E-state index in [9.17, 15) is 10.1 Å². The van der Waals surface area contributed by atoms with Crippen LogP contribution in [-0.2, 0) is 4.79 Å². The van der Waals surface area contributed by atoms with Crippen LogP contribution in [0.15, 0.2) is 42.5 Å². The summed E-state index contributed by atoms with van der Waals surface area (Å²) in [4.78, 5) is 19.4. The number of benzene rings is 1. The number of hydrogen-bond donors (Lipinski definition) is 4. The van der Waals surface area contributed by atoms with Crippen LogP contribution >= 0.6 is 0 Å². The van der Waals surface area contributed by atoms with Crippen molar-refractivity contribution in [2.24, 2.45) is 5.92 Å². The summed E-state index contributed by atoms with van der Waals surface area (Å²) < 4.78 is 5.80. The van der Waals surface area contributed by atoms with E-state index < -0.39 is 0 Å². The van der Waals surface area contributed by atoms with Gasteiger partial charge in [-0.2, -0.15) is 10.4 Å². The molecule has 1 aromatic carbocycles. The second-order valence-electron chi connectivity index (χ2n) is 9.54. The summed E-state index contributed by atoms with van der Waals surface area (Å²) in [7, 11) is 0. The number of aryl methyl sites for hydroxylation is 1. The Morgan fingerprint density at radius 3 is 2.62 bits per heavy atom. The molecule has 0 aliphatic carbocycles. The fourth-order valence-corrected chi connectivity index (χ4v) is 4.80. The second-order valence-corrected chi connectivity index (χ2v) is 9.54. The maximum absolute atomic E-state index is 12.7. The Morgan fingerprint density at radius 1 is 1.19 bits per heavy atom. The maximum atomic E-state index is 12.7. The van der Waals surface area contributed by atoms with Crippen LogP contribution in [0.1, 0.15) is 35.6 Å². The molecular formula is C27H32N8O2. The highest BCUT2D eigenvalue weighted by Gasteiger charge is 2.33. The molecule has 10 nitrogen and oxygen atoms in total. The quantitative estimate of drug-likeness (QED) is 0.330. The van der Waals surface area contributed by atoms with Crippen molar-refractivity contribution < 1.29 is 9.53 Å². The molecule has 0 radical (unpaired) electrons. The third kappa shape index (κ3) is 5.84. The lowest BCUT2D eigenvalue weighted by molar-refractivity contribution is -0.138. The van der Waals surface area contributed by atoms with Crippen LogP contribution in [0.3, 0.4) is 0 Å². The van der Waals surface area contributed by atoms with Crippen molar-refractivity contribution >= 4 is 23.4 Å². The number of nitrogens with one attached hydrogen (secondary N) is 4. The molecule has 4 heterocycles. The molecule has 10 heteroatoms. The van der Waals surface area contributed by atoms with Gasteiger partial charge < -0.3 is 25.6 Å². The van der Waals surface area contributed by atoms with Gasteiger partial charge in [-0.05, 0) is 49.4 Å². The Kier molecular flexibility index (Phi) is 7.51. The minimum Gasteiger partial charge on any atom is -0.492 e. The number of anilines is 3. The number of carbonyl (C=O) groups excluding carboxylic acids is 1. The lowest BCUT2D eigenvalue weighted by atomic mass is 9.86. The van der Waals surface area contributed by atoms with E-state index in [1.165, 1.54) is 0 Å². The van der Waals surface area contributed by atoms with E-state index in [4.69, 9.17) is 9.72 Å². The van der Waals surface area contributed by atoms with E-state index in [0.717, 1.165) is 42.9 Å². The molecule has 4 N–H and O–H groups in total. The van der Waals surface area contributed by atoms with Crippen LogP contribution in [0.2, 0.25) is 0 Å². The average molecular weight is 501 g/mol. The molecule has 2 saturated heterocycles. The van der Waals surface area contributed by atoms with Crippen LogP contribution in [0.4, 0.5) is 17.5 Å². The minimum absolute atomic E-state index is 0.106. The molecule has 1 amide bonds. The number of likely N-dealkylation sites (tertiary alicyclic amines) is 1. The molecular weight excluding hydrogens is 468 g/mol. The first kappa shape index (κ1) is 24.6. The van der Waals surface area contributed by atoms with E-state index in [1.54, 1.807) is 0 Å². The SMILES string of the molecule is Cc1cc(Nc2cc(C3CCN(C(=O)C4CNC4)CC3)c(C#N)c(NCCOc3ccccc3)n2)n[nH]1. The Morgan fingerprint density at radius 2 is 1.97 bits per heavy atom. The van der Waals surface area contributed by atoms with E-state index >= 15 is 0 Å². The molecule has 2 aliphatic rings. The minimum atomic E-state index is 0.106. The van der Waals surface area contributed by atoms with Crippen LogP contribution in [0.25, 0.3) is 0 Å². The smallest absolute Gasteiger partial charge is 0.228 e. The molecule has 2 aromatic heterocycles. The summed E-state index contributed by atoms with van der Waals surface area (Å²) in [5.74, 6) is 3.09. The summed E-state index contributed by atoms with van der Waals surface area (Å²) in [6.45, 7) is 5.79. The van der Waals surface area contributed by atoms with Crippen LogP contribution in [-0.4, -0.2) is 65.3 Å². The number of H-pyrrole nitrogens is 1. The topological polar surface area (TPSA) is 131 Å². The van der Waals surface area contributed by atoms with E-state index in [0.29, 0.717) is 49.3 Å². The number of nitrogens with zero attached hydrogens (tertiary/aromatic N) is 4. The Balaban J connectivity index is 1.33. The summed E-state index contributed by atoms with van der Waals surface area (Å²) in [6.07, 6.45) is 1.62. The second kappa shape index (κ2) is 11.3. The Labute approximate surface area is 216 Å². The van der Waals surface area contributed by atoms with Gasteiger partial charge in [0.05, 0.1) is 18.0 Å². The number of nitriles is 1. The zero-order valence-corrected chi connectivity index (χ0v) is 21.0. The number of aromatic amines is 1. The summed E-state index contributed by atoms with van der Waals surface area (Å²) in [5, 5.41) is 27.1. The Hall–Kier alpha value is -4.10. The number of pyridine rings is 1. The normalized spacial score (nSPS) is 16.1. The fourth-order valence-electron chi connectivity index (χ4n) is 4.80. The summed E-state index contributed by atoms with van der Waals surface area (Å²) >= 11 is 0. The first-order valence-electron chi connectivity index (χ1n) is 12.8. The van der Waals surface area contributed by atoms with Crippen molar-refractivity contribution in [3.8, 4) is 11.8 Å². The number of ether oxygens (including phenoxy) is 1. The number of piperidine rings is 1. The first-order chi connectivity index (χ1) is 18.1. The molecule has 2 fully saturated rings. The summed E-state index contributed by atoms with van der Waals surface area (Å²) in [5.41, 5.74) is 2.42. The molecule has 0 saturated carbocycles. The molecule has 5 rings (SSSR count). The zero-order valence-electron chi connectivity index (χ0n) is 21.0. The molecule has 0 spiro atoms. The highest BCUT2D eigenvalue weighted by atomic mass is 16.5. The van der Waals surface area contributed by atoms with Gasteiger partial charge in [-0.25, -0.2) is 4.98 Å². The maximum Gasteiger partial charge on any atom is 0.228 e. The standard InChI is InChI=1S/C27H32N8O2/c1-18-13-25(34-33-18)31-24-14-22(19-7-10-35(11-8-19)27(36)20-16-29-17-20)23(15-28)26(32-24)30-9-12-37-21-5-3-2-4-6-21/h2-6,13-14,19-20,29H,7-12,16-17H2,1H3,(H3,30,31,32,33,34). The van der Waals surface area contributed by atoms with Crippen LogP contribution < -0.4 is 20.7 Å². The molecule has 192 valence electrons.